The number of ether oxygens (including phenoxy) is 1. The molecule has 35 heavy (non-hydrogen) atoms. The Morgan fingerprint density at radius 3 is 2.57 bits per heavy atom. The van der Waals surface area contributed by atoms with Gasteiger partial charge in [0.2, 0.25) is 5.91 Å². The molecule has 0 atom stereocenters. The first-order chi connectivity index (χ1) is 17.2. The number of hydrogen-bond acceptors (Lipinski definition) is 5. The smallest absolute Gasteiger partial charge is 0.234 e. The number of nitrogens with one attached hydrogen (secondary N) is 1. The Labute approximate surface area is 205 Å². The Kier molecular flexibility index (Phi) is 5.39. The van der Waals surface area contributed by atoms with Gasteiger partial charge in [-0.25, -0.2) is 4.98 Å². The first-order valence-corrected chi connectivity index (χ1v) is 12.1. The highest BCUT2D eigenvalue weighted by molar-refractivity contribution is 7.99. The van der Waals surface area contributed by atoms with Crippen molar-refractivity contribution < 1.29 is 13.9 Å². The van der Waals surface area contributed by atoms with E-state index in [0.29, 0.717) is 17.0 Å². The number of nitrogens with zero attached hydrogens (tertiary/aromatic N) is 2. The van der Waals surface area contributed by atoms with Crippen LogP contribution in [-0.2, 0) is 4.79 Å². The van der Waals surface area contributed by atoms with E-state index in [1.165, 1.54) is 11.8 Å². The van der Waals surface area contributed by atoms with Gasteiger partial charge < -0.3 is 14.5 Å². The number of furan rings is 1. The zero-order chi connectivity index (χ0) is 23.8. The highest BCUT2D eigenvalue weighted by atomic mass is 32.2. The monoisotopic (exact) mass is 479 g/mol. The summed E-state index contributed by atoms with van der Waals surface area (Å²) >= 11 is 1.39. The second kappa shape index (κ2) is 8.85. The zero-order valence-corrected chi connectivity index (χ0v) is 19.7. The van der Waals surface area contributed by atoms with Crippen LogP contribution in [0.5, 0.6) is 5.75 Å². The van der Waals surface area contributed by atoms with E-state index < -0.39 is 0 Å². The number of anilines is 1. The highest BCUT2D eigenvalue weighted by Gasteiger charge is 2.17. The standard InChI is InChI=1S/C28H21N3O3S/c1-33-26-15-20-19-11-5-8-14-24(19)34-25(20)16-22(26)29-27(32)17-35-28-30-21-12-6-7-13-23(21)31(28)18-9-3-2-4-10-18/h2-16H,17H2,1H3,(H,29,32). The molecule has 4 aromatic carbocycles. The SMILES string of the molecule is COc1cc2c(cc1NC(=O)CSc1nc3ccccc3n1-c1ccccc1)oc1ccccc12. The number of aromatic nitrogens is 2. The predicted molar refractivity (Wildman–Crippen MR) is 141 cm³/mol. The Bertz CT molecular complexity index is 1690. The molecule has 0 aliphatic rings. The van der Waals surface area contributed by atoms with E-state index >= 15 is 0 Å². The lowest BCUT2D eigenvalue weighted by Gasteiger charge is -2.11. The lowest BCUT2D eigenvalue weighted by Crippen LogP contribution is -2.15. The van der Waals surface area contributed by atoms with Gasteiger partial charge in [0.1, 0.15) is 16.9 Å². The first-order valence-electron chi connectivity index (χ1n) is 11.2. The number of para-hydroxylation sites is 4. The Balaban J connectivity index is 1.28. The molecule has 2 heterocycles. The minimum Gasteiger partial charge on any atom is -0.495 e. The van der Waals surface area contributed by atoms with Gasteiger partial charge in [-0.3, -0.25) is 9.36 Å². The summed E-state index contributed by atoms with van der Waals surface area (Å²) in [6, 6.07) is 29.6. The van der Waals surface area contributed by atoms with Gasteiger partial charge in [-0.1, -0.05) is 60.3 Å². The minimum absolute atomic E-state index is 0.157. The molecule has 0 aliphatic carbocycles. The summed E-state index contributed by atoms with van der Waals surface area (Å²) in [5.41, 5.74) is 4.95. The van der Waals surface area contributed by atoms with Crippen molar-refractivity contribution in [1.82, 2.24) is 9.55 Å². The van der Waals surface area contributed by atoms with Gasteiger partial charge in [0.15, 0.2) is 5.16 Å². The largest absolute Gasteiger partial charge is 0.495 e. The van der Waals surface area contributed by atoms with Crippen molar-refractivity contribution in [2.45, 2.75) is 5.16 Å². The Morgan fingerprint density at radius 2 is 1.71 bits per heavy atom. The van der Waals surface area contributed by atoms with Gasteiger partial charge in [0.05, 0.1) is 29.6 Å². The fourth-order valence-corrected chi connectivity index (χ4v) is 5.09. The van der Waals surface area contributed by atoms with Crippen molar-refractivity contribution in [3.63, 3.8) is 0 Å². The van der Waals surface area contributed by atoms with Gasteiger partial charge in [-0.05, 0) is 36.4 Å². The number of thioether (sulfide) groups is 1. The molecule has 0 fully saturated rings. The molecule has 1 N–H and O–H groups in total. The van der Waals surface area contributed by atoms with Crippen molar-refractivity contribution >= 4 is 56.3 Å². The van der Waals surface area contributed by atoms with Crippen molar-refractivity contribution in [3.05, 3.63) is 91.0 Å². The summed E-state index contributed by atoms with van der Waals surface area (Å²) < 4.78 is 13.6. The first kappa shape index (κ1) is 21.3. The van der Waals surface area contributed by atoms with Crippen molar-refractivity contribution in [2.75, 3.05) is 18.2 Å². The number of rotatable bonds is 6. The van der Waals surface area contributed by atoms with E-state index in [1.54, 1.807) is 7.11 Å². The molecule has 7 heteroatoms. The molecule has 0 spiro atoms. The fraction of sp³-hybridized carbons (Fsp3) is 0.0714. The third-order valence-electron chi connectivity index (χ3n) is 5.85. The normalized spacial score (nSPS) is 11.3. The third-order valence-corrected chi connectivity index (χ3v) is 6.79. The average molecular weight is 480 g/mol. The maximum absolute atomic E-state index is 13.0. The van der Waals surface area contributed by atoms with E-state index in [2.05, 4.69) is 9.88 Å². The van der Waals surface area contributed by atoms with E-state index in [9.17, 15) is 4.79 Å². The van der Waals surface area contributed by atoms with Crippen molar-refractivity contribution in [3.8, 4) is 11.4 Å². The van der Waals surface area contributed by atoms with Gasteiger partial charge >= 0.3 is 0 Å². The predicted octanol–water partition coefficient (Wildman–Crippen LogP) is 6.66. The van der Waals surface area contributed by atoms with Crippen LogP contribution in [0.15, 0.2) is 101 Å². The minimum atomic E-state index is -0.157. The second-order valence-electron chi connectivity index (χ2n) is 8.04. The number of amides is 1. The number of hydrogen-bond donors (Lipinski definition) is 1. The molecule has 0 aliphatic heterocycles. The van der Waals surface area contributed by atoms with Crippen LogP contribution >= 0.6 is 11.8 Å². The summed E-state index contributed by atoms with van der Waals surface area (Å²) in [5, 5.41) is 5.69. The molecule has 0 bridgehead atoms. The van der Waals surface area contributed by atoms with Gasteiger partial charge in [0.25, 0.3) is 0 Å². The molecular formula is C28H21N3O3S. The van der Waals surface area contributed by atoms with Gasteiger partial charge in [-0.15, -0.1) is 0 Å². The lowest BCUT2D eigenvalue weighted by atomic mass is 10.1. The number of carbonyl (C=O) groups is 1. The molecule has 6 aromatic rings. The molecule has 6 nitrogen and oxygen atoms in total. The van der Waals surface area contributed by atoms with Crippen LogP contribution in [-0.4, -0.2) is 28.3 Å². The summed E-state index contributed by atoms with van der Waals surface area (Å²) in [5.74, 6) is 0.617. The van der Waals surface area contributed by atoms with Crippen LogP contribution in [0.25, 0.3) is 38.7 Å². The zero-order valence-electron chi connectivity index (χ0n) is 18.9. The summed E-state index contributed by atoms with van der Waals surface area (Å²) in [7, 11) is 1.59. The van der Waals surface area contributed by atoms with Crippen LogP contribution in [0.2, 0.25) is 0 Å². The molecular weight excluding hydrogens is 458 g/mol. The number of benzene rings is 4. The molecule has 1 amide bonds. The van der Waals surface area contributed by atoms with Gasteiger partial charge in [0, 0.05) is 22.5 Å². The molecule has 0 saturated heterocycles. The summed E-state index contributed by atoms with van der Waals surface area (Å²) in [4.78, 5) is 17.7. The molecule has 0 unspecified atom stereocenters. The maximum Gasteiger partial charge on any atom is 0.234 e. The quantitative estimate of drug-likeness (QED) is 0.270. The molecule has 2 aromatic heterocycles. The molecule has 172 valence electrons. The van der Waals surface area contributed by atoms with Crippen molar-refractivity contribution in [2.24, 2.45) is 0 Å². The van der Waals surface area contributed by atoms with Crippen LogP contribution in [0.4, 0.5) is 5.69 Å². The number of carbonyl (C=O) groups excluding carboxylic acids is 1. The summed E-state index contributed by atoms with van der Waals surface area (Å²) in [6.07, 6.45) is 0. The van der Waals surface area contributed by atoms with Crippen LogP contribution in [0, 0.1) is 0 Å². The molecule has 0 saturated carbocycles. The maximum atomic E-state index is 13.0. The number of methoxy groups -OCH3 is 1. The molecule has 6 rings (SSSR count). The van der Waals surface area contributed by atoms with E-state index in [4.69, 9.17) is 14.1 Å². The van der Waals surface area contributed by atoms with E-state index in [-0.39, 0.29) is 11.7 Å². The lowest BCUT2D eigenvalue weighted by molar-refractivity contribution is -0.113. The fourth-order valence-electron chi connectivity index (χ4n) is 4.26. The third kappa shape index (κ3) is 3.90. The van der Waals surface area contributed by atoms with E-state index in [0.717, 1.165) is 38.2 Å². The topological polar surface area (TPSA) is 69.3 Å². The Morgan fingerprint density at radius 1 is 0.943 bits per heavy atom. The van der Waals surface area contributed by atoms with Crippen LogP contribution in [0.1, 0.15) is 0 Å². The molecule has 0 radical (unpaired) electrons. The second-order valence-corrected chi connectivity index (χ2v) is 8.98. The average Bonchev–Trinajstić information content (AvgIpc) is 3.45. The van der Waals surface area contributed by atoms with Gasteiger partial charge in [-0.2, -0.15) is 0 Å². The highest BCUT2D eigenvalue weighted by Crippen LogP contribution is 2.36. The van der Waals surface area contributed by atoms with Crippen LogP contribution < -0.4 is 10.1 Å². The number of fused-ring (bicyclic) bond motifs is 4. The Hall–Kier alpha value is -4.23. The van der Waals surface area contributed by atoms with E-state index in [1.807, 2.05) is 91.0 Å². The summed E-state index contributed by atoms with van der Waals surface area (Å²) in [6.45, 7) is 0. The number of imidazole rings is 1. The van der Waals surface area contributed by atoms with Crippen LogP contribution in [0.3, 0.4) is 0 Å². The van der Waals surface area contributed by atoms with Crippen molar-refractivity contribution in [1.29, 1.82) is 0 Å².